The first kappa shape index (κ1) is 8.35. The molecule has 0 spiro atoms. The Morgan fingerprint density at radius 2 is 2.31 bits per heavy atom. The Kier molecular flexibility index (Phi) is 1.87. The lowest BCUT2D eigenvalue weighted by Gasteiger charge is -2.21. The second-order valence-corrected chi connectivity index (χ2v) is 3.61. The molecule has 1 aromatic heterocycles. The van der Waals surface area contributed by atoms with Gasteiger partial charge in [0.2, 0.25) is 0 Å². The van der Waals surface area contributed by atoms with E-state index in [1.807, 2.05) is 18.1 Å². The molecule has 3 nitrogen and oxygen atoms in total. The molecule has 2 unspecified atom stereocenters. The minimum atomic E-state index is 0.346. The van der Waals surface area contributed by atoms with Crippen molar-refractivity contribution in [3.8, 4) is 0 Å². The average Bonchev–Trinajstić information content (AvgIpc) is 2.63. The van der Waals surface area contributed by atoms with Crippen molar-refractivity contribution in [2.24, 2.45) is 11.0 Å². The second-order valence-electron chi connectivity index (χ2n) is 3.61. The van der Waals surface area contributed by atoms with E-state index in [0.717, 1.165) is 0 Å². The lowest BCUT2D eigenvalue weighted by atomic mass is 9.94. The van der Waals surface area contributed by atoms with Gasteiger partial charge >= 0.3 is 0 Å². The molecule has 2 rings (SSSR count). The number of nitrogens with zero attached hydrogens (tertiary/aromatic N) is 2. The molecule has 1 aromatic rings. The van der Waals surface area contributed by atoms with Crippen molar-refractivity contribution >= 4 is 5.71 Å². The molecule has 1 aliphatic rings. The Hall–Kier alpha value is -1.25. The number of hydrogen-bond donors (Lipinski definition) is 0. The zero-order chi connectivity index (χ0) is 9.42. The van der Waals surface area contributed by atoms with Gasteiger partial charge in [0.05, 0.1) is 18.6 Å². The van der Waals surface area contributed by atoms with Crippen LogP contribution < -0.4 is 0 Å². The lowest BCUT2D eigenvalue weighted by Crippen LogP contribution is -2.19. The summed E-state index contributed by atoms with van der Waals surface area (Å²) in [5, 5.41) is 6.42. The fraction of sp³-hybridized carbons (Fsp3) is 0.500. The van der Waals surface area contributed by atoms with Crippen LogP contribution >= 0.6 is 0 Å². The van der Waals surface area contributed by atoms with E-state index in [1.54, 1.807) is 12.5 Å². The van der Waals surface area contributed by atoms with Gasteiger partial charge < -0.3 is 4.42 Å². The molecule has 0 aromatic carbocycles. The molecule has 0 fully saturated rings. The molecule has 2 heterocycles. The van der Waals surface area contributed by atoms with Crippen molar-refractivity contribution in [1.29, 1.82) is 0 Å². The fourth-order valence-corrected chi connectivity index (χ4v) is 1.90. The van der Waals surface area contributed by atoms with Crippen LogP contribution in [0.3, 0.4) is 0 Å². The monoisotopic (exact) mass is 178 g/mol. The minimum Gasteiger partial charge on any atom is -0.472 e. The third-order valence-electron chi connectivity index (χ3n) is 2.74. The summed E-state index contributed by atoms with van der Waals surface area (Å²) in [6.45, 7) is 4.27. The van der Waals surface area contributed by atoms with Crippen LogP contribution in [-0.2, 0) is 0 Å². The maximum absolute atomic E-state index is 5.08. The maximum Gasteiger partial charge on any atom is 0.0956 e. The van der Waals surface area contributed by atoms with Gasteiger partial charge in [-0.1, -0.05) is 6.92 Å². The summed E-state index contributed by atoms with van der Waals surface area (Å²) in [4.78, 5) is 0. The van der Waals surface area contributed by atoms with Gasteiger partial charge in [0.1, 0.15) is 0 Å². The average molecular weight is 178 g/mol. The van der Waals surface area contributed by atoms with Crippen molar-refractivity contribution in [3.63, 3.8) is 0 Å². The van der Waals surface area contributed by atoms with Gasteiger partial charge in [-0.25, -0.2) is 0 Å². The van der Waals surface area contributed by atoms with E-state index in [1.165, 1.54) is 11.3 Å². The highest BCUT2D eigenvalue weighted by Gasteiger charge is 2.31. The third-order valence-corrected chi connectivity index (χ3v) is 2.74. The number of furan rings is 1. The van der Waals surface area contributed by atoms with Crippen LogP contribution in [0.4, 0.5) is 0 Å². The highest BCUT2D eigenvalue weighted by atomic mass is 16.3. The van der Waals surface area contributed by atoms with E-state index in [2.05, 4.69) is 18.9 Å². The molecule has 0 amide bonds. The maximum atomic E-state index is 5.08. The Morgan fingerprint density at radius 1 is 1.54 bits per heavy atom. The summed E-state index contributed by atoms with van der Waals surface area (Å²) in [5.74, 6) is 0.475. The summed E-state index contributed by atoms with van der Waals surface area (Å²) < 4.78 is 5.08. The standard InChI is InChI=1S/C10H14N2O/c1-7-8(2)11-12(3)10(7)9-4-5-13-6-9/h4-7,10H,1-3H3. The van der Waals surface area contributed by atoms with E-state index >= 15 is 0 Å². The van der Waals surface area contributed by atoms with E-state index < -0.39 is 0 Å². The van der Waals surface area contributed by atoms with Gasteiger partial charge in [0, 0.05) is 24.2 Å². The summed E-state index contributed by atoms with van der Waals surface area (Å²) in [7, 11) is 2.00. The molecule has 13 heavy (non-hydrogen) atoms. The van der Waals surface area contributed by atoms with Gasteiger partial charge in [0.15, 0.2) is 0 Å². The van der Waals surface area contributed by atoms with Crippen LogP contribution in [0.15, 0.2) is 28.1 Å². The quantitative estimate of drug-likeness (QED) is 0.660. The zero-order valence-electron chi connectivity index (χ0n) is 8.19. The van der Waals surface area contributed by atoms with Crippen molar-refractivity contribution in [2.45, 2.75) is 19.9 Å². The van der Waals surface area contributed by atoms with Gasteiger partial charge in [-0.3, -0.25) is 5.01 Å². The first-order valence-corrected chi connectivity index (χ1v) is 4.50. The van der Waals surface area contributed by atoms with Crippen LogP contribution in [0.1, 0.15) is 25.5 Å². The second kappa shape index (κ2) is 2.91. The van der Waals surface area contributed by atoms with Gasteiger partial charge in [-0.2, -0.15) is 5.10 Å². The first-order chi connectivity index (χ1) is 6.20. The predicted octanol–water partition coefficient (Wildman–Crippen LogP) is 2.28. The molecular weight excluding hydrogens is 164 g/mol. The molecule has 3 heteroatoms. The van der Waals surface area contributed by atoms with Crippen LogP contribution in [0.25, 0.3) is 0 Å². The zero-order valence-corrected chi connectivity index (χ0v) is 8.19. The lowest BCUT2D eigenvalue weighted by molar-refractivity contribution is 0.256. The third kappa shape index (κ3) is 1.24. The summed E-state index contributed by atoms with van der Waals surface area (Å²) in [6, 6.07) is 2.35. The van der Waals surface area contributed by atoms with Crippen molar-refractivity contribution < 1.29 is 4.42 Å². The van der Waals surface area contributed by atoms with E-state index in [4.69, 9.17) is 4.42 Å². The molecule has 0 bridgehead atoms. The van der Waals surface area contributed by atoms with E-state index in [-0.39, 0.29) is 0 Å². The minimum absolute atomic E-state index is 0.346. The van der Waals surface area contributed by atoms with E-state index in [9.17, 15) is 0 Å². The number of hydrazone groups is 1. The Labute approximate surface area is 78.0 Å². The SMILES string of the molecule is CC1=NN(C)C(c2ccoc2)C1C. The molecule has 0 saturated carbocycles. The molecule has 0 N–H and O–H groups in total. The number of hydrogen-bond acceptors (Lipinski definition) is 3. The van der Waals surface area contributed by atoms with Crippen LogP contribution in [0.5, 0.6) is 0 Å². The number of rotatable bonds is 1. The first-order valence-electron chi connectivity index (χ1n) is 4.50. The topological polar surface area (TPSA) is 28.7 Å². The molecule has 2 atom stereocenters. The van der Waals surface area contributed by atoms with Crippen LogP contribution in [-0.4, -0.2) is 17.8 Å². The van der Waals surface area contributed by atoms with Gasteiger partial charge in [0.25, 0.3) is 0 Å². The van der Waals surface area contributed by atoms with Crippen LogP contribution in [0, 0.1) is 5.92 Å². The normalized spacial score (nSPS) is 27.9. The van der Waals surface area contributed by atoms with Gasteiger partial charge in [-0.15, -0.1) is 0 Å². The van der Waals surface area contributed by atoms with E-state index in [0.29, 0.717) is 12.0 Å². The van der Waals surface area contributed by atoms with Crippen molar-refractivity contribution in [3.05, 3.63) is 24.2 Å². The molecule has 0 radical (unpaired) electrons. The molecular formula is C10H14N2O. The summed E-state index contributed by atoms with van der Waals surface area (Å²) in [5.41, 5.74) is 2.39. The Bertz CT molecular complexity index is 316. The molecule has 70 valence electrons. The highest BCUT2D eigenvalue weighted by Crippen LogP contribution is 2.33. The molecule has 0 saturated heterocycles. The van der Waals surface area contributed by atoms with Gasteiger partial charge in [-0.05, 0) is 13.0 Å². The largest absolute Gasteiger partial charge is 0.472 e. The Morgan fingerprint density at radius 3 is 2.77 bits per heavy atom. The summed E-state index contributed by atoms with van der Waals surface area (Å²) >= 11 is 0. The molecule has 0 aliphatic carbocycles. The smallest absolute Gasteiger partial charge is 0.0956 e. The molecule has 1 aliphatic heterocycles. The summed E-state index contributed by atoms with van der Waals surface area (Å²) in [6.07, 6.45) is 3.51. The van der Waals surface area contributed by atoms with Crippen molar-refractivity contribution in [1.82, 2.24) is 5.01 Å². The predicted molar refractivity (Wildman–Crippen MR) is 51.5 cm³/mol. The van der Waals surface area contributed by atoms with Crippen molar-refractivity contribution in [2.75, 3.05) is 7.05 Å². The Balaban J connectivity index is 2.28. The van der Waals surface area contributed by atoms with Crippen LogP contribution in [0.2, 0.25) is 0 Å². The highest BCUT2D eigenvalue weighted by molar-refractivity contribution is 5.86. The fourth-order valence-electron chi connectivity index (χ4n) is 1.90.